The van der Waals surface area contributed by atoms with Crippen LogP contribution in [0.15, 0.2) is 54.6 Å². The number of nitrogens with one attached hydrogen (secondary N) is 1. The molecule has 0 aliphatic carbocycles. The number of rotatable bonds is 8. The van der Waals surface area contributed by atoms with Crippen molar-refractivity contribution in [2.45, 2.75) is 25.5 Å². The normalized spacial score (nSPS) is 11.1. The zero-order chi connectivity index (χ0) is 19.5. The molecule has 3 N–H and O–H groups in total. The predicted octanol–water partition coefficient (Wildman–Crippen LogP) is 2.56. The summed E-state index contributed by atoms with van der Waals surface area (Å²) in [5.74, 6) is -0.670. The Morgan fingerprint density at radius 2 is 1.74 bits per heavy atom. The van der Waals surface area contributed by atoms with E-state index in [2.05, 4.69) is 5.32 Å². The fourth-order valence-electron chi connectivity index (χ4n) is 2.36. The molecule has 7 nitrogen and oxygen atoms in total. The molecule has 0 aromatic heterocycles. The van der Waals surface area contributed by atoms with Gasteiger partial charge in [0.05, 0.1) is 0 Å². The third kappa shape index (κ3) is 7.08. The number of hydrogen-bond donors (Lipinski definition) is 2. The van der Waals surface area contributed by atoms with Crippen molar-refractivity contribution >= 4 is 17.7 Å². The molecule has 0 aliphatic heterocycles. The van der Waals surface area contributed by atoms with Gasteiger partial charge >= 0.3 is 12.1 Å². The molecule has 7 heteroatoms. The standard InChI is InChI=1S/C20H21N3O4/c21-12-13-26-19(24)18(11-8-15-4-2-1-3-5-15)23-20(25)27-14-16-6-9-17(22)10-7-16/h1-7,9-10,18H,8,11,13-14,22H2,(H,23,25)/t18-/m0/s1. The number of carbonyl (C=O) groups is 2. The predicted molar refractivity (Wildman–Crippen MR) is 99.3 cm³/mol. The SMILES string of the molecule is N#CCOC(=O)[C@H](CCc1ccccc1)NC(=O)OCc1ccc(N)cc1. The van der Waals surface area contributed by atoms with Crippen molar-refractivity contribution in [3.05, 3.63) is 65.7 Å². The van der Waals surface area contributed by atoms with Gasteiger partial charge in [-0.3, -0.25) is 0 Å². The Morgan fingerprint density at radius 1 is 1.04 bits per heavy atom. The van der Waals surface area contributed by atoms with Crippen molar-refractivity contribution in [2.24, 2.45) is 0 Å². The van der Waals surface area contributed by atoms with Crippen LogP contribution in [0.3, 0.4) is 0 Å². The van der Waals surface area contributed by atoms with Crippen LogP contribution < -0.4 is 11.1 Å². The highest BCUT2D eigenvalue weighted by Crippen LogP contribution is 2.09. The molecular weight excluding hydrogens is 346 g/mol. The van der Waals surface area contributed by atoms with Crippen molar-refractivity contribution in [1.82, 2.24) is 5.32 Å². The summed E-state index contributed by atoms with van der Waals surface area (Å²) < 4.78 is 9.98. The number of nitrogen functional groups attached to an aromatic ring is 1. The van der Waals surface area contributed by atoms with E-state index in [1.54, 1.807) is 30.3 Å². The van der Waals surface area contributed by atoms with Crippen molar-refractivity contribution < 1.29 is 19.1 Å². The number of carbonyl (C=O) groups excluding carboxylic acids is 2. The zero-order valence-corrected chi connectivity index (χ0v) is 14.8. The highest BCUT2D eigenvalue weighted by molar-refractivity contribution is 5.81. The minimum Gasteiger partial charge on any atom is -0.449 e. The number of esters is 1. The summed E-state index contributed by atoms with van der Waals surface area (Å²) in [7, 11) is 0. The Labute approximate surface area is 157 Å². The van der Waals surface area contributed by atoms with Crippen LogP contribution >= 0.6 is 0 Å². The van der Waals surface area contributed by atoms with Crippen LogP contribution in [0.4, 0.5) is 10.5 Å². The molecule has 0 aliphatic rings. The van der Waals surface area contributed by atoms with Gasteiger partial charge in [-0.15, -0.1) is 0 Å². The minimum absolute atomic E-state index is 0.0464. The van der Waals surface area contributed by atoms with E-state index in [0.717, 1.165) is 11.1 Å². The quantitative estimate of drug-likeness (QED) is 0.547. The lowest BCUT2D eigenvalue weighted by Gasteiger charge is -2.17. The van der Waals surface area contributed by atoms with Gasteiger partial charge in [0.25, 0.3) is 0 Å². The van der Waals surface area contributed by atoms with E-state index in [1.807, 2.05) is 30.3 Å². The Kier molecular flexibility index (Phi) is 7.67. The topological polar surface area (TPSA) is 114 Å². The molecule has 0 fully saturated rings. The number of nitrogens with zero attached hydrogens (tertiary/aromatic N) is 1. The monoisotopic (exact) mass is 367 g/mol. The van der Waals surface area contributed by atoms with Crippen LogP contribution in [0.2, 0.25) is 0 Å². The van der Waals surface area contributed by atoms with Crippen molar-refractivity contribution in [2.75, 3.05) is 12.3 Å². The summed E-state index contributed by atoms with van der Waals surface area (Å²) in [6.07, 6.45) is 0.148. The highest BCUT2D eigenvalue weighted by atomic mass is 16.6. The number of anilines is 1. The summed E-state index contributed by atoms with van der Waals surface area (Å²) in [6.45, 7) is -0.326. The third-order valence-corrected chi connectivity index (χ3v) is 3.77. The summed E-state index contributed by atoms with van der Waals surface area (Å²) >= 11 is 0. The molecule has 0 saturated heterocycles. The maximum absolute atomic E-state index is 12.1. The molecule has 0 radical (unpaired) electrons. The molecule has 2 aromatic rings. The molecule has 0 bridgehead atoms. The molecule has 140 valence electrons. The lowest BCUT2D eigenvalue weighted by Crippen LogP contribution is -2.42. The van der Waals surface area contributed by atoms with Gasteiger partial charge in [-0.2, -0.15) is 5.26 Å². The zero-order valence-electron chi connectivity index (χ0n) is 14.8. The first-order chi connectivity index (χ1) is 13.1. The Bertz CT molecular complexity index is 785. The largest absolute Gasteiger partial charge is 0.449 e. The van der Waals surface area contributed by atoms with Crippen LogP contribution in [0.25, 0.3) is 0 Å². The average molecular weight is 367 g/mol. The number of benzene rings is 2. The van der Waals surface area contributed by atoms with Crippen molar-refractivity contribution in [3.8, 4) is 6.07 Å². The number of hydrogen-bond acceptors (Lipinski definition) is 6. The Balaban J connectivity index is 1.90. The molecule has 0 spiro atoms. The van der Waals surface area contributed by atoms with E-state index in [4.69, 9.17) is 20.5 Å². The molecule has 1 amide bonds. The van der Waals surface area contributed by atoms with Gasteiger partial charge in [0, 0.05) is 5.69 Å². The van der Waals surface area contributed by atoms with Gasteiger partial charge in [-0.1, -0.05) is 42.5 Å². The van der Waals surface area contributed by atoms with E-state index in [9.17, 15) is 9.59 Å². The third-order valence-electron chi connectivity index (χ3n) is 3.77. The average Bonchev–Trinajstić information content (AvgIpc) is 2.69. The fourth-order valence-corrected chi connectivity index (χ4v) is 2.36. The molecular formula is C20H21N3O4. The first kappa shape index (κ1) is 19.8. The van der Waals surface area contributed by atoms with Gasteiger partial charge in [0.2, 0.25) is 0 Å². The van der Waals surface area contributed by atoms with E-state index < -0.39 is 18.1 Å². The second-order valence-corrected chi connectivity index (χ2v) is 5.80. The van der Waals surface area contributed by atoms with Crippen LogP contribution in [0.1, 0.15) is 17.5 Å². The smallest absolute Gasteiger partial charge is 0.408 e. The molecule has 2 rings (SSSR count). The lowest BCUT2D eigenvalue weighted by molar-refractivity contribution is -0.144. The number of aryl methyl sites for hydroxylation is 1. The first-order valence-corrected chi connectivity index (χ1v) is 8.43. The molecule has 0 unspecified atom stereocenters. The number of nitrogens with two attached hydrogens (primary N) is 1. The van der Waals surface area contributed by atoms with Gasteiger partial charge in [-0.25, -0.2) is 9.59 Å². The summed E-state index contributed by atoms with van der Waals surface area (Å²) in [5, 5.41) is 11.1. The molecule has 0 saturated carbocycles. The number of alkyl carbamates (subject to hydrolysis) is 1. The summed E-state index contributed by atoms with van der Waals surface area (Å²) in [5.41, 5.74) is 8.02. The Morgan fingerprint density at radius 3 is 2.41 bits per heavy atom. The van der Waals surface area contributed by atoms with Gasteiger partial charge in [0.1, 0.15) is 18.7 Å². The number of amides is 1. The second-order valence-electron chi connectivity index (χ2n) is 5.80. The van der Waals surface area contributed by atoms with Crippen LogP contribution in [-0.2, 0) is 27.3 Å². The molecule has 1 atom stereocenters. The van der Waals surface area contributed by atoms with Crippen LogP contribution in [-0.4, -0.2) is 24.7 Å². The molecule has 27 heavy (non-hydrogen) atoms. The molecule has 0 heterocycles. The summed E-state index contributed by atoms with van der Waals surface area (Å²) in [6, 6.07) is 17.3. The first-order valence-electron chi connectivity index (χ1n) is 8.43. The minimum atomic E-state index is -0.905. The van der Waals surface area contributed by atoms with E-state index >= 15 is 0 Å². The van der Waals surface area contributed by atoms with Gasteiger partial charge in [0.15, 0.2) is 6.61 Å². The Hall–Kier alpha value is -3.53. The lowest BCUT2D eigenvalue weighted by atomic mass is 10.1. The molecule has 2 aromatic carbocycles. The fraction of sp³-hybridized carbons (Fsp3) is 0.250. The van der Waals surface area contributed by atoms with Crippen molar-refractivity contribution in [1.29, 1.82) is 5.26 Å². The summed E-state index contributed by atoms with van der Waals surface area (Å²) in [4.78, 5) is 24.2. The number of nitriles is 1. The van der Waals surface area contributed by atoms with Crippen molar-refractivity contribution in [3.63, 3.8) is 0 Å². The second kappa shape index (κ2) is 10.5. The van der Waals surface area contributed by atoms with E-state index in [-0.39, 0.29) is 13.2 Å². The van der Waals surface area contributed by atoms with Crippen LogP contribution in [0, 0.1) is 11.3 Å². The van der Waals surface area contributed by atoms with Gasteiger partial charge < -0.3 is 20.5 Å². The maximum Gasteiger partial charge on any atom is 0.408 e. The van der Waals surface area contributed by atoms with Crippen LogP contribution in [0.5, 0.6) is 0 Å². The number of ether oxygens (including phenoxy) is 2. The highest BCUT2D eigenvalue weighted by Gasteiger charge is 2.23. The van der Waals surface area contributed by atoms with E-state index in [1.165, 1.54) is 0 Å². The van der Waals surface area contributed by atoms with E-state index in [0.29, 0.717) is 18.5 Å². The van der Waals surface area contributed by atoms with Gasteiger partial charge in [-0.05, 0) is 36.1 Å². The maximum atomic E-state index is 12.1.